The third-order valence-electron chi connectivity index (χ3n) is 5.89. The minimum atomic E-state index is -0.152. The zero-order valence-corrected chi connectivity index (χ0v) is 18.8. The van der Waals surface area contributed by atoms with E-state index in [1.807, 2.05) is 49.9 Å². The molecule has 0 radical (unpaired) electrons. The Balaban J connectivity index is 1.35. The van der Waals surface area contributed by atoms with Crippen LogP contribution in [0.1, 0.15) is 5.56 Å². The fraction of sp³-hybridized carbons (Fsp3) is 0.292. The first kappa shape index (κ1) is 21.0. The molecule has 4 aromatic rings. The van der Waals surface area contributed by atoms with Crippen LogP contribution in [-0.4, -0.2) is 67.7 Å². The third-order valence-corrected chi connectivity index (χ3v) is 5.89. The Morgan fingerprint density at radius 3 is 2.42 bits per heavy atom. The van der Waals surface area contributed by atoms with Gasteiger partial charge in [0.1, 0.15) is 0 Å². The molecule has 0 saturated carbocycles. The number of aryl methyl sites for hydroxylation is 1. The van der Waals surface area contributed by atoms with Crippen molar-refractivity contribution in [3.05, 3.63) is 77.1 Å². The summed E-state index contributed by atoms with van der Waals surface area (Å²) >= 11 is 0. The molecular weight excluding hydrogens is 416 g/mol. The van der Waals surface area contributed by atoms with Crippen molar-refractivity contribution in [3.8, 4) is 22.6 Å². The van der Waals surface area contributed by atoms with Crippen molar-refractivity contribution < 1.29 is 0 Å². The summed E-state index contributed by atoms with van der Waals surface area (Å²) < 4.78 is 3.18. The third kappa shape index (κ3) is 4.68. The maximum atomic E-state index is 12.4. The molecular formula is C24H26N8O. The van der Waals surface area contributed by atoms with Crippen LogP contribution in [0.25, 0.3) is 22.6 Å². The molecule has 168 valence electrons. The quantitative estimate of drug-likeness (QED) is 0.467. The lowest BCUT2D eigenvalue weighted by Crippen LogP contribution is -2.44. The Labute approximate surface area is 191 Å². The molecule has 0 atom stereocenters. The Bertz CT molecular complexity index is 1300. The maximum Gasteiger partial charge on any atom is 0.267 e. The second-order valence-corrected chi connectivity index (χ2v) is 8.37. The molecule has 0 bridgehead atoms. The SMILES string of the molecule is CN1CCN(c2cnc(-c3cccc(Cn4nc(-c5cnn(C)c5)ccc4=O)c3)nc2)CC1. The smallest absolute Gasteiger partial charge is 0.267 e. The highest BCUT2D eigenvalue weighted by Gasteiger charge is 2.15. The predicted octanol–water partition coefficient (Wildman–Crippen LogP) is 1.90. The van der Waals surface area contributed by atoms with E-state index in [-0.39, 0.29) is 5.56 Å². The average Bonchev–Trinajstić information content (AvgIpc) is 3.28. The summed E-state index contributed by atoms with van der Waals surface area (Å²) in [4.78, 5) is 26.3. The minimum Gasteiger partial charge on any atom is -0.366 e. The van der Waals surface area contributed by atoms with Crippen molar-refractivity contribution in [3.63, 3.8) is 0 Å². The van der Waals surface area contributed by atoms with Gasteiger partial charge in [-0.25, -0.2) is 14.6 Å². The van der Waals surface area contributed by atoms with E-state index >= 15 is 0 Å². The van der Waals surface area contributed by atoms with Gasteiger partial charge in [-0.1, -0.05) is 18.2 Å². The van der Waals surface area contributed by atoms with Crippen molar-refractivity contribution in [1.29, 1.82) is 0 Å². The summed E-state index contributed by atoms with van der Waals surface area (Å²) in [5.74, 6) is 0.666. The van der Waals surface area contributed by atoms with Crippen molar-refractivity contribution in [2.45, 2.75) is 6.54 Å². The van der Waals surface area contributed by atoms with E-state index in [4.69, 9.17) is 0 Å². The lowest BCUT2D eigenvalue weighted by molar-refractivity contribution is 0.312. The number of nitrogens with zero attached hydrogens (tertiary/aromatic N) is 8. The van der Waals surface area contributed by atoms with Gasteiger partial charge in [0.15, 0.2) is 5.82 Å². The fourth-order valence-electron chi connectivity index (χ4n) is 3.95. The van der Waals surface area contributed by atoms with E-state index in [1.54, 1.807) is 23.0 Å². The Morgan fingerprint density at radius 2 is 1.70 bits per heavy atom. The molecule has 4 heterocycles. The lowest BCUT2D eigenvalue weighted by atomic mass is 10.1. The van der Waals surface area contributed by atoms with Crippen LogP contribution in [-0.2, 0) is 13.6 Å². The highest BCUT2D eigenvalue weighted by Crippen LogP contribution is 2.20. The van der Waals surface area contributed by atoms with Crippen LogP contribution in [0.4, 0.5) is 5.69 Å². The summed E-state index contributed by atoms with van der Waals surface area (Å²) in [6.45, 7) is 4.40. The molecule has 9 nitrogen and oxygen atoms in total. The first-order valence-corrected chi connectivity index (χ1v) is 11.0. The van der Waals surface area contributed by atoms with Crippen LogP contribution < -0.4 is 10.5 Å². The Morgan fingerprint density at radius 1 is 0.909 bits per heavy atom. The summed E-state index contributed by atoms with van der Waals surface area (Å²) in [7, 11) is 3.99. The highest BCUT2D eigenvalue weighted by atomic mass is 16.1. The molecule has 0 amide bonds. The molecule has 0 unspecified atom stereocenters. The molecule has 1 saturated heterocycles. The van der Waals surface area contributed by atoms with E-state index in [9.17, 15) is 4.79 Å². The first-order valence-electron chi connectivity index (χ1n) is 11.0. The number of hydrogen-bond acceptors (Lipinski definition) is 7. The van der Waals surface area contributed by atoms with Gasteiger partial charge in [0, 0.05) is 56.6 Å². The molecule has 0 spiro atoms. The second kappa shape index (κ2) is 8.95. The Hall–Kier alpha value is -3.85. The predicted molar refractivity (Wildman–Crippen MR) is 127 cm³/mol. The van der Waals surface area contributed by atoms with Gasteiger partial charge < -0.3 is 9.80 Å². The van der Waals surface area contributed by atoms with Crippen LogP contribution in [0.5, 0.6) is 0 Å². The number of hydrogen-bond donors (Lipinski definition) is 0. The topological polar surface area (TPSA) is 85.0 Å². The van der Waals surface area contributed by atoms with Crippen LogP contribution in [0, 0.1) is 0 Å². The van der Waals surface area contributed by atoms with Gasteiger partial charge in [0.05, 0.1) is 36.5 Å². The maximum absolute atomic E-state index is 12.4. The largest absolute Gasteiger partial charge is 0.366 e. The zero-order chi connectivity index (χ0) is 22.8. The number of rotatable bonds is 5. The number of aromatic nitrogens is 6. The monoisotopic (exact) mass is 442 g/mol. The van der Waals surface area contributed by atoms with Crippen molar-refractivity contribution >= 4 is 5.69 Å². The zero-order valence-electron chi connectivity index (χ0n) is 18.8. The molecule has 3 aromatic heterocycles. The molecule has 33 heavy (non-hydrogen) atoms. The molecule has 1 aromatic carbocycles. The molecule has 5 rings (SSSR count). The van der Waals surface area contributed by atoms with Gasteiger partial charge in [0.2, 0.25) is 0 Å². The Kier molecular flexibility index (Phi) is 5.70. The second-order valence-electron chi connectivity index (χ2n) is 8.37. The van der Waals surface area contributed by atoms with Gasteiger partial charge >= 0.3 is 0 Å². The standard InChI is InChI=1S/C24H26N8O/c1-29-8-10-31(11-9-29)21-14-25-24(26-15-21)19-5-3-4-18(12-19)16-32-23(33)7-6-22(28-32)20-13-27-30(2)17-20/h3-7,12-15,17H,8-11,16H2,1-2H3. The summed E-state index contributed by atoms with van der Waals surface area (Å²) in [6.07, 6.45) is 7.40. The number of piperazine rings is 1. The number of anilines is 1. The van der Waals surface area contributed by atoms with Gasteiger partial charge in [-0.05, 0) is 24.7 Å². The van der Waals surface area contributed by atoms with Crippen LogP contribution >= 0.6 is 0 Å². The molecule has 1 fully saturated rings. The molecule has 0 aliphatic carbocycles. The van der Waals surface area contributed by atoms with Gasteiger partial charge in [0.25, 0.3) is 5.56 Å². The van der Waals surface area contributed by atoms with Gasteiger partial charge in [-0.3, -0.25) is 9.48 Å². The molecule has 1 aliphatic rings. The van der Waals surface area contributed by atoms with Crippen molar-refractivity contribution in [2.75, 3.05) is 38.1 Å². The summed E-state index contributed by atoms with van der Waals surface area (Å²) in [5.41, 5.74) is 4.34. The van der Waals surface area contributed by atoms with E-state index in [1.165, 1.54) is 4.68 Å². The van der Waals surface area contributed by atoms with Crippen LogP contribution in [0.3, 0.4) is 0 Å². The minimum absolute atomic E-state index is 0.152. The van der Waals surface area contributed by atoms with E-state index in [2.05, 4.69) is 37.0 Å². The fourth-order valence-corrected chi connectivity index (χ4v) is 3.95. The number of benzene rings is 1. The van der Waals surface area contributed by atoms with E-state index in [0.29, 0.717) is 18.1 Å². The summed E-state index contributed by atoms with van der Waals surface area (Å²) in [5, 5.41) is 8.72. The van der Waals surface area contributed by atoms with E-state index in [0.717, 1.165) is 48.6 Å². The van der Waals surface area contributed by atoms with E-state index < -0.39 is 0 Å². The molecule has 9 heteroatoms. The normalized spacial score (nSPS) is 14.5. The van der Waals surface area contributed by atoms with Gasteiger partial charge in [-0.2, -0.15) is 10.2 Å². The average molecular weight is 443 g/mol. The van der Waals surface area contributed by atoms with Crippen LogP contribution in [0.15, 0.2) is 66.0 Å². The summed E-state index contributed by atoms with van der Waals surface area (Å²) in [6, 6.07) is 11.2. The lowest BCUT2D eigenvalue weighted by Gasteiger charge is -2.33. The van der Waals surface area contributed by atoms with Gasteiger partial charge in [-0.15, -0.1) is 0 Å². The highest BCUT2D eigenvalue weighted by molar-refractivity contribution is 5.58. The molecule has 1 aliphatic heterocycles. The van der Waals surface area contributed by atoms with Crippen LogP contribution in [0.2, 0.25) is 0 Å². The first-order chi connectivity index (χ1) is 16.0. The molecule has 0 N–H and O–H groups in total. The van der Waals surface area contributed by atoms with Crippen molar-refractivity contribution in [2.24, 2.45) is 7.05 Å². The van der Waals surface area contributed by atoms with Crippen molar-refractivity contribution in [1.82, 2.24) is 34.4 Å². The number of likely N-dealkylation sites (N-methyl/N-ethyl adjacent to an activating group) is 1.